The van der Waals surface area contributed by atoms with Crippen molar-refractivity contribution in [2.75, 3.05) is 19.7 Å². The third-order valence-electron chi connectivity index (χ3n) is 6.93. The topological polar surface area (TPSA) is 69.0 Å². The van der Waals surface area contributed by atoms with E-state index in [1.807, 2.05) is 18.3 Å². The SMILES string of the molecule is CCON=C(c1ccc(CN2CCC3(CC2)OCc2cc(=O)n(C)cc23)nc1)c1ccc(F)c(F)c1. The average molecular weight is 495 g/mol. The van der Waals surface area contributed by atoms with Gasteiger partial charge in [-0.1, -0.05) is 5.16 Å². The molecule has 1 spiro atoms. The minimum absolute atomic E-state index is 0.0135. The molecule has 4 heterocycles. The van der Waals surface area contributed by atoms with Crippen LogP contribution in [0.3, 0.4) is 0 Å². The maximum Gasteiger partial charge on any atom is 0.250 e. The van der Waals surface area contributed by atoms with Crippen molar-refractivity contribution in [2.24, 2.45) is 12.2 Å². The zero-order chi connectivity index (χ0) is 25.3. The van der Waals surface area contributed by atoms with Crippen LogP contribution in [-0.4, -0.2) is 39.9 Å². The molecule has 0 saturated carbocycles. The number of aryl methyl sites for hydroxylation is 1. The van der Waals surface area contributed by atoms with Crippen LogP contribution in [0.15, 0.2) is 58.7 Å². The van der Waals surface area contributed by atoms with E-state index in [1.54, 1.807) is 30.8 Å². The Labute approximate surface area is 208 Å². The number of benzene rings is 1. The molecule has 36 heavy (non-hydrogen) atoms. The monoisotopic (exact) mass is 494 g/mol. The molecule has 1 aromatic carbocycles. The molecule has 0 bridgehead atoms. The lowest BCUT2D eigenvalue weighted by Crippen LogP contribution is -2.42. The van der Waals surface area contributed by atoms with Crippen molar-refractivity contribution >= 4 is 5.71 Å². The fraction of sp³-hybridized carbons (Fsp3) is 0.370. The Kier molecular flexibility index (Phi) is 6.68. The van der Waals surface area contributed by atoms with E-state index >= 15 is 0 Å². The number of nitrogens with zero attached hydrogens (tertiary/aromatic N) is 4. The van der Waals surface area contributed by atoms with Gasteiger partial charge in [-0.15, -0.1) is 0 Å². The number of rotatable bonds is 6. The number of halogens is 2. The third kappa shape index (κ3) is 4.68. The van der Waals surface area contributed by atoms with E-state index in [0.29, 0.717) is 36.6 Å². The first-order valence-corrected chi connectivity index (χ1v) is 12.1. The maximum absolute atomic E-state index is 13.8. The van der Waals surface area contributed by atoms with Crippen LogP contribution < -0.4 is 5.56 Å². The van der Waals surface area contributed by atoms with Crippen LogP contribution in [-0.2, 0) is 35.4 Å². The zero-order valence-electron chi connectivity index (χ0n) is 20.3. The van der Waals surface area contributed by atoms with E-state index in [1.165, 1.54) is 6.07 Å². The van der Waals surface area contributed by atoms with Crippen molar-refractivity contribution in [3.8, 4) is 0 Å². The Morgan fingerprint density at radius 3 is 2.61 bits per heavy atom. The molecule has 2 aromatic heterocycles. The van der Waals surface area contributed by atoms with Gasteiger partial charge in [0.2, 0.25) is 0 Å². The van der Waals surface area contributed by atoms with Crippen LogP contribution in [0.4, 0.5) is 8.78 Å². The molecule has 9 heteroatoms. The van der Waals surface area contributed by atoms with E-state index in [4.69, 9.17) is 9.57 Å². The van der Waals surface area contributed by atoms with Crippen LogP contribution in [0.1, 0.15) is 47.7 Å². The number of oxime groups is 1. The van der Waals surface area contributed by atoms with Gasteiger partial charge in [-0.3, -0.25) is 14.7 Å². The highest BCUT2D eigenvalue weighted by Crippen LogP contribution is 2.43. The van der Waals surface area contributed by atoms with Crippen molar-refractivity contribution < 1.29 is 18.4 Å². The summed E-state index contributed by atoms with van der Waals surface area (Å²) in [6, 6.07) is 9.11. The van der Waals surface area contributed by atoms with Crippen LogP contribution in [0.2, 0.25) is 0 Å². The smallest absolute Gasteiger partial charge is 0.250 e. The molecule has 3 aromatic rings. The molecular weight excluding hydrogens is 466 g/mol. The van der Waals surface area contributed by atoms with Gasteiger partial charge < -0.3 is 14.1 Å². The van der Waals surface area contributed by atoms with Gasteiger partial charge in [0.05, 0.1) is 17.9 Å². The lowest BCUT2D eigenvalue weighted by Gasteiger charge is -2.39. The molecule has 7 nitrogen and oxygen atoms in total. The molecular formula is C27H28F2N4O3. The number of ether oxygens (including phenoxy) is 1. The number of hydrogen-bond donors (Lipinski definition) is 0. The molecule has 0 unspecified atom stereocenters. The highest BCUT2D eigenvalue weighted by molar-refractivity contribution is 6.12. The lowest BCUT2D eigenvalue weighted by atomic mass is 9.84. The largest absolute Gasteiger partial charge is 0.396 e. The van der Waals surface area contributed by atoms with Crippen molar-refractivity contribution in [1.82, 2.24) is 14.5 Å². The van der Waals surface area contributed by atoms with Gasteiger partial charge >= 0.3 is 0 Å². The fourth-order valence-electron chi connectivity index (χ4n) is 4.91. The van der Waals surface area contributed by atoms with Crippen LogP contribution in [0.25, 0.3) is 0 Å². The van der Waals surface area contributed by atoms with E-state index in [2.05, 4.69) is 15.0 Å². The number of likely N-dealkylation sites (tertiary alicyclic amines) is 1. The quantitative estimate of drug-likeness (QED) is 0.385. The second-order valence-corrected chi connectivity index (χ2v) is 9.25. The normalized spacial score (nSPS) is 17.4. The Morgan fingerprint density at radius 2 is 1.92 bits per heavy atom. The van der Waals surface area contributed by atoms with Crippen LogP contribution >= 0.6 is 0 Å². The van der Waals surface area contributed by atoms with E-state index in [9.17, 15) is 13.6 Å². The summed E-state index contributed by atoms with van der Waals surface area (Å²) in [5.41, 5.74) is 4.13. The van der Waals surface area contributed by atoms with Gasteiger partial charge in [-0.2, -0.15) is 0 Å². The number of fused-ring (bicyclic) bond motifs is 2. The average Bonchev–Trinajstić information content (AvgIpc) is 3.20. The van der Waals surface area contributed by atoms with Crippen LogP contribution in [0.5, 0.6) is 0 Å². The molecule has 5 rings (SSSR count). The molecule has 2 aliphatic heterocycles. The lowest BCUT2D eigenvalue weighted by molar-refractivity contribution is -0.0802. The molecule has 188 valence electrons. The second kappa shape index (κ2) is 9.91. The fourth-order valence-corrected chi connectivity index (χ4v) is 4.91. The summed E-state index contributed by atoms with van der Waals surface area (Å²) in [5.74, 6) is -1.86. The predicted molar refractivity (Wildman–Crippen MR) is 131 cm³/mol. The molecule has 0 aliphatic carbocycles. The summed E-state index contributed by atoms with van der Waals surface area (Å²) in [6.07, 6.45) is 5.29. The summed E-state index contributed by atoms with van der Waals surface area (Å²) in [7, 11) is 1.77. The highest BCUT2D eigenvalue weighted by Gasteiger charge is 2.43. The number of pyridine rings is 2. The minimum Gasteiger partial charge on any atom is -0.396 e. The van der Waals surface area contributed by atoms with Crippen molar-refractivity contribution in [3.63, 3.8) is 0 Å². The Bertz CT molecular complexity index is 1350. The molecule has 1 fully saturated rings. The predicted octanol–water partition coefficient (Wildman–Crippen LogP) is 3.87. The minimum atomic E-state index is -0.944. The van der Waals surface area contributed by atoms with Gasteiger partial charge in [0.1, 0.15) is 12.3 Å². The number of hydrogen-bond acceptors (Lipinski definition) is 6. The van der Waals surface area contributed by atoms with E-state index < -0.39 is 11.6 Å². The molecule has 0 N–H and O–H groups in total. The molecule has 0 radical (unpaired) electrons. The van der Waals surface area contributed by atoms with Gasteiger partial charge in [0.25, 0.3) is 5.56 Å². The third-order valence-corrected chi connectivity index (χ3v) is 6.93. The first-order valence-electron chi connectivity index (χ1n) is 12.1. The standard InChI is InChI=1S/C27H28F2N4O3/c1-3-36-31-26(18-5-7-23(28)24(29)12-18)19-4-6-21(30-14-19)15-33-10-8-27(9-11-33)22-16-32(2)25(34)13-20(22)17-35-27/h4-7,12-14,16H,3,8-11,15,17H2,1-2H3. The van der Waals surface area contributed by atoms with Gasteiger partial charge in [0, 0.05) is 61.8 Å². The summed E-state index contributed by atoms with van der Waals surface area (Å²) < 4.78 is 35.1. The van der Waals surface area contributed by atoms with E-state index in [-0.39, 0.29) is 11.2 Å². The van der Waals surface area contributed by atoms with Crippen molar-refractivity contribution in [3.05, 3.63) is 98.7 Å². The molecule has 2 aliphatic rings. The summed E-state index contributed by atoms with van der Waals surface area (Å²) in [6.45, 7) is 5.00. The van der Waals surface area contributed by atoms with Crippen molar-refractivity contribution in [1.29, 1.82) is 0 Å². The molecule has 0 atom stereocenters. The molecule has 0 amide bonds. The van der Waals surface area contributed by atoms with Crippen molar-refractivity contribution in [2.45, 2.75) is 38.5 Å². The first kappa shape index (κ1) is 24.3. The highest BCUT2D eigenvalue weighted by atomic mass is 19.2. The Morgan fingerprint density at radius 1 is 1.14 bits per heavy atom. The summed E-state index contributed by atoms with van der Waals surface area (Å²) >= 11 is 0. The zero-order valence-corrected chi connectivity index (χ0v) is 20.3. The van der Waals surface area contributed by atoms with Gasteiger partial charge in [-0.25, -0.2) is 8.78 Å². The van der Waals surface area contributed by atoms with Gasteiger partial charge in [-0.05, 0) is 55.7 Å². The van der Waals surface area contributed by atoms with E-state index in [0.717, 1.165) is 54.9 Å². The van der Waals surface area contributed by atoms with Gasteiger partial charge in [0.15, 0.2) is 11.6 Å². The molecule has 1 saturated heterocycles. The number of aromatic nitrogens is 2. The maximum atomic E-state index is 13.8. The Balaban J connectivity index is 1.27. The van der Waals surface area contributed by atoms with Crippen LogP contribution in [0, 0.1) is 11.6 Å². The summed E-state index contributed by atoms with van der Waals surface area (Å²) in [4.78, 5) is 24.1. The summed E-state index contributed by atoms with van der Waals surface area (Å²) in [5, 5.41) is 4.11. The Hall–Kier alpha value is -3.43. The second-order valence-electron chi connectivity index (χ2n) is 9.25. The first-order chi connectivity index (χ1) is 17.4. The number of piperidine rings is 1.